The standard InChI is InChI=1S/C19H17F4NO/c20-17-7-2-1-5-14(17)12-24(16-8-9-16)18(25)11-13-4-3-6-15(10-13)19(21,22)23/h1-7,10,16H,8-9,11-12H2. The van der Waals surface area contributed by atoms with Crippen molar-refractivity contribution in [2.75, 3.05) is 0 Å². The van der Waals surface area contributed by atoms with Crippen molar-refractivity contribution in [3.8, 4) is 0 Å². The summed E-state index contributed by atoms with van der Waals surface area (Å²) in [4.78, 5) is 14.2. The van der Waals surface area contributed by atoms with Gasteiger partial charge in [-0.05, 0) is 30.5 Å². The van der Waals surface area contributed by atoms with E-state index in [0.717, 1.165) is 25.0 Å². The van der Waals surface area contributed by atoms with Crippen molar-refractivity contribution < 1.29 is 22.4 Å². The highest BCUT2D eigenvalue weighted by atomic mass is 19.4. The van der Waals surface area contributed by atoms with Crippen LogP contribution in [0.5, 0.6) is 0 Å². The number of carbonyl (C=O) groups is 1. The van der Waals surface area contributed by atoms with Crippen LogP contribution in [0.4, 0.5) is 17.6 Å². The molecule has 3 rings (SSSR count). The fraction of sp³-hybridized carbons (Fsp3) is 0.316. The van der Waals surface area contributed by atoms with E-state index < -0.39 is 11.7 Å². The van der Waals surface area contributed by atoms with Gasteiger partial charge in [-0.25, -0.2) is 4.39 Å². The second-order valence-electron chi connectivity index (χ2n) is 6.22. The molecule has 0 bridgehead atoms. The molecule has 0 saturated heterocycles. The van der Waals surface area contributed by atoms with Gasteiger partial charge in [0.25, 0.3) is 0 Å². The van der Waals surface area contributed by atoms with E-state index >= 15 is 0 Å². The summed E-state index contributed by atoms with van der Waals surface area (Å²) in [6.07, 6.45) is -2.90. The predicted octanol–water partition coefficient (Wildman–Crippen LogP) is 4.58. The molecule has 0 N–H and O–H groups in total. The third-order valence-electron chi connectivity index (χ3n) is 4.22. The Morgan fingerprint density at radius 2 is 1.80 bits per heavy atom. The number of hydrogen-bond donors (Lipinski definition) is 0. The van der Waals surface area contributed by atoms with E-state index in [1.54, 1.807) is 23.1 Å². The van der Waals surface area contributed by atoms with Gasteiger partial charge in [-0.1, -0.05) is 36.4 Å². The molecule has 6 heteroatoms. The zero-order chi connectivity index (χ0) is 18.0. The van der Waals surface area contributed by atoms with Crippen molar-refractivity contribution in [1.29, 1.82) is 0 Å². The number of alkyl halides is 3. The topological polar surface area (TPSA) is 20.3 Å². The van der Waals surface area contributed by atoms with E-state index in [0.29, 0.717) is 11.1 Å². The first kappa shape index (κ1) is 17.5. The average molecular weight is 351 g/mol. The van der Waals surface area contributed by atoms with E-state index in [2.05, 4.69) is 0 Å². The minimum absolute atomic E-state index is 0.0397. The Bertz CT molecular complexity index is 768. The second-order valence-corrected chi connectivity index (χ2v) is 6.22. The Balaban J connectivity index is 1.75. The van der Waals surface area contributed by atoms with Crippen molar-refractivity contribution in [3.05, 3.63) is 71.0 Å². The molecule has 132 valence electrons. The Morgan fingerprint density at radius 1 is 1.08 bits per heavy atom. The number of benzene rings is 2. The van der Waals surface area contributed by atoms with E-state index in [1.165, 1.54) is 18.2 Å². The third-order valence-corrected chi connectivity index (χ3v) is 4.22. The van der Waals surface area contributed by atoms with E-state index in [4.69, 9.17) is 0 Å². The van der Waals surface area contributed by atoms with Gasteiger partial charge in [0.05, 0.1) is 12.0 Å². The van der Waals surface area contributed by atoms with Gasteiger partial charge in [0.15, 0.2) is 0 Å². The molecule has 0 aliphatic heterocycles. The van der Waals surface area contributed by atoms with Crippen molar-refractivity contribution >= 4 is 5.91 Å². The number of hydrogen-bond acceptors (Lipinski definition) is 1. The van der Waals surface area contributed by atoms with Gasteiger partial charge in [-0.15, -0.1) is 0 Å². The summed E-state index contributed by atoms with van der Waals surface area (Å²) in [6.45, 7) is 0.134. The van der Waals surface area contributed by atoms with Gasteiger partial charge in [-0.3, -0.25) is 4.79 Å². The zero-order valence-corrected chi connectivity index (χ0v) is 13.4. The molecule has 1 aliphatic carbocycles. The predicted molar refractivity (Wildman–Crippen MR) is 85.1 cm³/mol. The minimum Gasteiger partial charge on any atom is -0.335 e. The van der Waals surface area contributed by atoms with Gasteiger partial charge in [0.2, 0.25) is 5.91 Å². The van der Waals surface area contributed by atoms with Crippen molar-refractivity contribution in [2.45, 2.75) is 38.0 Å². The molecule has 2 aromatic carbocycles. The highest BCUT2D eigenvalue weighted by molar-refractivity contribution is 5.79. The highest BCUT2D eigenvalue weighted by Crippen LogP contribution is 2.31. The van der Waals surface area contributed by atoms with Gasteiger partial charge in [0, 0.05) is 18.2 Å². The maximum absolute atomic E-state index is 13.8. The lowest BCUT2D eigenvalue weighted by Crippen LogP contribution is -2.34. The Kier molecular flexibility index (Phi) is 4.79. The molecule has 1 aliphatic rings. The molecule has 0 heterocycles. The molecule has 2 aromatic rings. The van der Waals surface area contributed by atoms with E-state index in [-0.39, 0.29) is 30.7 Å². The summed E-state index contributed by atoms with van der Waals surface area (Å²) in [7, 11) is 0. The van der Waals surface area contributed by atoms with Crippen LogP contribution in [0.3, 0.4) is 0 Å². The molecule has 0 unspecified atom stereocenters. The van der Waals surface area contributed by atoms with Crippen LogP contribution in [-0.2, 0) is 23.9 Å². The zero-order valence-electron chi connectivity index (χ0n) is 13.4. The van der Waals surface area contributed by atoms with E-state index in [9.17, 15) is 22.4 Å². The number of halogens is 4. The Morgan fingerprint density at radius 3 is 2.44 bits per heavy atom. The number of nitrogens with zero attached hydrogens (tertiary/aromatic N) is 1. The SMILES string of the molecule is O=C(Cc1cccc(C(F)(F)F)c1)N(Cc1ccccc1F)C1CC1. The fourth-order valence-electron chi connectivity index (χ4n) is 2.75. The maximum Gasteiger partial charge on any atom is 0.416 e. The Hall–Kier alpha value is -2.37. The van der Waals surface area contributed by atoms with Gasteiger partial charge in [-0.2, -0.15) is 13.2 Å². The monoisotopic (exact) mass is 351 g/mol. The van der Waals surface area contributed by atoms with Crippen LogP contribution in [0.1, 0.15) is 29.5 Å². The molecule has 1 amide bonds. The minimum atomic E-state index is -4.44. The lowest BCUT2D eigenvalue weighted by molar-refractivity contribution is -0.138. The first-order valence-corrected chi connectivity index (χ1v) is 8.03. The third kappa shape index (κ3) is 4.38. The maximum atomic E-state index is 13.8. The van der Waals surface area contributed by atoms with Crippen LogP contribution >= 0.6 is 0 Å². The van der Waals surface area contributed by atoms with E-state index in [1.807, 2.05) is 0 Å². The number of carbonyl (C=O) groups excluding carboxylic acids is 1. The Labute approximate surface area is 143 Å². The molecule has 1 saturated carbocycles. The van der Waals surface area contributed by atoms with Crippen LogP contribution in [-0.4, -0.2) is 16.8 Å². The lowest BCUT2D eigenvalue weighted by Gasteiger charge is -2.23. The summed E-state index contributed by atoms with van der Waals surface area (Å²) in [5.74, 6) is -0.676. The summed E-state index contributed by atoms with van der Waals surface area (Å²) >= 11 is 0. The largest absolute Gasteiger partial charge is 0.416 e. The molecule has 0 atom stereocenters. The fourth-order valence-corrected chi connectivity index (χ4v) is 2.75. The smallest absolute Gasteiger partial charge is 0.335 e. The molecular formula is C19H17F4NO. The van der Waals surface area contributed by atoms with Crippen molar-refractivity contribution in [2.24, 2.45) is 0 Å². The normalized spacial score (nSPS) is 14.4. The van der Waals surface area contributed by atoms with Crippen LogP contribution < -0.4 is 0 Å². The van der Waals surface area contributed by atoms with Gasteiger partial charge in [0.1, 0.15) is 5.82 Å². The second kappa shape index (κ2) is 6.86. The summed E-state index contributed by atoms with van der Waals surface area (Å²) < 4.78 is 52.2. The lowest BCUT2D eigenvalue weighted by atomic mass is 10.1. The molecule has 0 aromatic heterocycles. The van der Waals surface area contributed by atoms with Crippen LogP contribution in [0.15, 0.2) is 48.5 Å². The molecule has 1 fully saturated rings. The summed E-state index contributed by atoms with van der Waals surface area (Å²) in [5, 5.41) is 0. The summed E-state index contributed by atoms with van der Waals surface area (Å²) in [6, 6.07) is 11.0. The van der Waals surface area contributed by atoms with Crippen LogP contribution in [0.2, 0.25) is 0 Å². The van der Waals surface area contributed by atoms with Crippen LogP contribution in [0, 0.1) is 5.82 Å². The molecule has 0 radical (unpaired) electrons. The van der Waals surface area contributed by atoms with Crippen molar-refractivity contribution in [1.82, 2.24) is 4.90 Å². The number of amides is 1. The first-order chi connectivity index (χ1) is 11.8. The first-order valence-electron chi connectivity index (χ1n) is 8.03. The van der Waals surface area contributed by atoms with Crippen molar-refractivity contribution in [3.63, 3.8) is 0 Å². The quantitative estimate of drug-likeness (QED) is 0.722. The number of rotatable bonds is 5. The highest BCUT2D eigenvalue weighted by Gasteiger charge is 2.34. The van der Waals surface area contributed by atoms with Gasteiger partial charge < -0.3 is 4.90 Å². The molecule has 25 heavy (non-hydrogen) atoms. The van der Waals surface area contributed by atoms with Crippen LogP contribution in [0.25, 0.3) is 0 Å². The molecule has 0 spiro atoms. The molecule has 2 nitrogen and oxygen atoms in total. The summed E-state index contributed by atoms with van der Waals surface area (Å²) in [5.41, 5.74) is -0.0596. The molecular weight excluding hydrogens is 334 g/mol. The average Bonchev–Trinajstić information content (AvgIpc) is 3.38. The van der Waals surface area contributed by atoms with Gasteiger partial charge >= 0.3 is 6.18 Å².